The van der Waals surface area contributed by atoms with Gasteiger partial charge in [-0.2, -0.15) is 0 Å². The molecule has 0 bridgehead atoms. The van der Waals surface area contributed by atoms with Crippen molar-refractivity contribution in [3.8, 4) is 11.5 Å². The summed E-state index contributed by atoms with van der Waals surface area (Å²) in [7, 11) is 3.00. The molecule has 22 heavy (non-hydrogen) atoms. The van der Waals surface area contributed by atoms with Crippen LogP contribution in [0.2, 0.25) is 5.02 Å². The van der Waals surface area contributed by atoms with Crippen molar-refractivity contribution in [3.63, 3.8) is 0 Å². The number of methoxy groups -OCH3 is 2. The molecule has 0 aliphatic carbocycles. The number of rotatable bonds is 5. The average Bonchev–Trinajstić information content (AvgIpc) is 2.51. The van der Waals surface area contributed by atoms with E-state index in [0.717, 1.165) is 11.1 Å². The first-order valence-corrected chi connectivity index (χ1v) is 7.05. The summed E-state index contributed by atoms with van der Waals surface area (Å²) in [5, 5.41) is 0.457. The lowest BCUT2D eigenvalue weighted by atomic mass is 10.1. The van der Waals surface area contributed by atoms with Crippen LogP contribution in [-0.2, 0) is 6.42 Å². The first kappa shape index (κ1) is 16.2. The molecule has 0 saturated heterocycles. The molecule has 0 aliphatic heterocycles. The number of nitrogens with two attached hydrogens (primary N) is 1. The Morgan fingerprint density at radius 2 is 1.95 bits per heavy atom. The molecule has 0 amide bonds. The van der Waals surface area contributed by atoms with Crippen molar-refractivity contribution in [3.05, 3.63) is 58.4 Å². The van der Waals surface area contributed by atoms with E-state index in [0.29, 0.717) is 22.9 Å². The Hall–Kier alpha value is -2.20. The molecule has 2 aromatic rings. The molecule has 2 aromatic carbocycles. The number of ether oxygens (including phenoxy) is 2. The number of halogens is 2. The summed E-state index contributed by atoms with van der Waals surface area (Å²) in [6.45, 7) is 0. The fourth-order valence-electron chi connectivity index (χ4n) is 2.04. The van der Waals surface area contributed by atoms with E-state index < -0.39 is 5.82 Å². The molecular weight excluding hydrogens is 305 g/mol. The van der Waals surface area contributed by atoms with Gasteiger partial charge in [0.25, 0.3) is 0 Å². The lowest BCUT2D eigenvalue weighted by Crippen LogP contribution is -1.96. The van der Waals surface area contributed by atoms with Gasteiger partial charge in [-0.15, -0.1) is 0 Å². The summed E-state index contributed by atoms with van der Waals surface area (Å²) in [6.07, 6.45) is 4.27. The second-order valence-electron chi connectivity index (χ2n) is 4.68. The molecule has 0 atom stereocenters. The third kappa shape index (κ3) is 3.71. The van der Waals surface area contributed by atoms with E-state index >= 15 is 0 Å². The van der Waals surface area contributed by atoms with E-state index in [9.17, 15) is 4.39 Å². The Balaban J connectivity index is 2.16. The van der Waals surface area contributed by atoms with Gasteiger partial charge >= 0.3 is 0 Å². The summed E-state index contributed by atoms with van der Waals surface area (Å²) in [5.74, 6) is 0.479. The van der Waals surface area contributed by atoms with Gasteiger partial charge in [0.2, 0.25) is 0 Å². The highest BCUT2D eigenvalue weighted by molar-refractivity contribution is 6.33. The first-order valence-electron chi connectivity index (χ1n) is 6.67. The molecule has 5 heteroatoms. The van der Waals surface area contributed by atoms with Crippen LogP contribution >= 0.6 is 11.6 Å². The quantitative estimate of drug-likeness (QED) is 0.833. The van der Waals surface area contributed by atoms with Crippen LogP contribution in [0.25, 0.3) is 6.08 Å². The van der Waals surface area contributed by atoms with Crippen molar-refractivity contribution in [2.75, 3.05) is 20.0 Å². The second-order valence-corrected chi connectivity index (χ2v) is 5.09. The van der Waals surface area contributed by atoms with Gasteiger partial charge in [-0.05, 0) is 35.7 Å². The van der Waals surface area contributed by atoms with E-state index in [4.69, 9.17) is 26.8 Å². The Morgan fingerprint density at radius 1 is 1.18 bits per heavy atom. The van der Waals surface area contributed by atoms with Crippen molar-refractivity contribution in [1.82, 2.24) is 0 Å². The van der Waals surface area contributed by atoms with Crippen LogP contribution < -0.4 is 15.2 Å². The van der Waals surface area contributed by atoms with Gasteiger partial charge in [-0.3, -0.25) is 0 Å². The monoisotopic (exact) mass is 321 g/mol. The molecule has 0 aliphatic rings. The highest BCUT2D eigenvalue weighted by atomic mass is 35.5. The SMILES string of the molecule is COc1cc(Cl)c(N)c(C/C=C/c2ccc(OC)c(F)c2)c1. The normalized spacial score (nSPS) is 10.9. The minimum Gasteiger partial charge on any atom is -0.497 e. The molecule has 0 spiro atoms. The highest BCUT2D eigenvalue weighted by Crippen LogP contribution is 2.29. The number of allylic oxidation sites excluding steroid dienone is 1. The van der Waals surface area contributed by atoms with Crippen LogP contribution in [-0.4, -0.2) is 14.2 Å². The predicted molar refractivity (Wildman–Crippen MR) is 88.1 cm³/mol. The maximum absolute atomic E-state index is 13.6. The van der Waals surface area contributed by atoms with Crippen LogP contribution in [0.15, 0.2) is 36.4 Å². The van der Waals surface area contributed by atoms with E-state index in [1.54, 1.807) is 25.3 Å². The van der Waals surface area contributed by atoms with Crippen LogP contribution in [0.1, 0.15) is 11.1 Å². The Morgan fingerprint density at radius 3 is 2.59 bits per heavy atom. The molecule has 0 unspecified atom stereocenters. The van der Waals surface area contributed by atoms with Crippen molar-refractivity contribution < 1.29 is 13.9 Å². The third-order valence-corrected chi connectivity index (χ3v) is 3.56. The zero-order valence-corrected chi connectivity index (χ0v) is 13.2. The van der Waals surface area contributed by atoms with E-state index in [1.807, 2.05) is 18.2 Å². The van der Waals surface area contributed by atoms with Crippen LogP contribution in [0.5, 0.6) is 11.5 Å². The van der Waals surface area contributed by atoms with Crippen molar-refractivity contribution in [2.24, 2.45) is 0 Å². The molecule has 116 valence electrons. The summed E-state index contributed by atoms with van der Waals surface area (Å²) in [4.78, 5) is 0. The smallest absolute Gasteiger partial charge is 0.165 e. The van der Waals surface area contributed by atoms with Crippen LogP contribution in [0, 0.1) is 5.82 Å². The Bertz CT molecular complexity index is 701. The van der Waals surface area contributed by atoms with E-state index in [1.165, 1.54) is 13.2 Å². The van der Waals surface area contributed by atoms with E-state index in [2.05, 4.69) is 0 Å². The maximum atomic E-state index is 13.6. The molecular formula is C17H17ClFNO2. The maximum Gasteiger partial charge on any atom is 0.165 e. The second kappa shape index (κ2) is 7.18. The summed E-state index contributed by atoms with van der Waals surface area (Å²) in [5.41, 5.74) is 8.07. The van der Waals surface area contributed by atoms with Crippen molar-refractivity contribution >= 4 is 23.4 Å². The minimum absolute atomic E-state index is 0.223. The van der Waals surface area contributed by atoms with Gasteiger partial charge in [0.1, 0.15) is 5.75 Å². The van der Waals surface area contributed by atoms with Gasteiger partial charge in [-0.25, -0.2) is 4.39 Å². The summed E-state index contributed by atoms with van der Waals surface area (Å²) in [6, 6.07) is 8.28. The third-order valence-electron chi connectivity index (χ3n) is 3.25. The molecule has 0 fully saturated rings. The fourth-order valence-corrected chi connectivity index (χ4v) is 2.27. The summed E-state index contributed by atoms with van der Waals surface area (Å²) >= 11 is 6.06. The Kier molecular flexibility index (Phi) is 5.28. The molecule has 3 nitrogen and oxygen atoms in total. The first-order chi connectivity index (χ1) is 10.5. The zero-order chi connectivity index (χ0) is 16.1. The van der Waals surface area contributed by atoms with Crippen molar-refractivity contribution in [1.29, 1.82) is 0 Å². The molecule has 0 heterocycles. The highest BCUT2D eigenvalue weighted by Gasteiger charge is 2.06. The number of anilines is 1. The number of benzene rings is 2. The Labute approximate surface area is 134 Å². The van der Waals surface area contributed by atoms with Crippen LogP contribution in [0.3, 0.4) is 0 Å². The zero-order valence-electron chi connectivity index (χ0n) is 12.4. The standard InChI is InChI=1S/C17H17ClFNO2/c1-21-13-9-12(17(20)14(18)10-13)5-3-4-11-6-7-16(22-2)15(19)8-11/h3-4,6-10H,5,20H2,1-2H3/b4-3+. The molecule has 0 saturated carbocycles. The number of nitrogen functional groups attached to an aromatic ring is 1. The topological polar surface area (TPSA) is 44.5 Å². The van der Waals surface area contributed by atoms with E-state index in [-0.39, 0.29) is 5.75 Å². The lowest BCUT2D eigenvalue weighted by Gasteiger charge is -2.08. The van der Waals surface area contributed by atoms with Gasteiger partial charge in [0.15, 0.2) is 11.6 Å². The fraction of sp³-hybridized carbons (Fsp3) is 0.176. The minimum atomic E-state index is -0.395. The molecule has 2 rings (SSSR count). The van der Waals surface area contributed by atoms with Crippen molar-refractivity contribution in [2.45, 2.75) is 6.42 Å². The molecule has 0 aromatic heterocycles. The van der Waals surface area contributed by atoms with Gasteiger partial charge in [-0.1, -0.05) is 29.8 Å². The lowest BCUT2D eigenvalue weighted by molar-refractivity contribution is 0.386. The summed E-state index contributed by atoms with van der Waals surface area (Å²) < 4.78 is 23.7. The van der Waals surface area contributed by atoms with Crippen LogP contribution in [0.4, 0.5) is 10.1 Å². The van der Waals surface area contributed by atoms with Gasteiger partial charge in [0, 0.05) is 6.07 Å². The molecule has 0 radical (unpaired) electrons. The largest absolute Gasteiger partial charge is 0.497 e. The number of hydrogen-bond donors (Lipinski definition) is 1. The van der Waals surface area contributed by atoms with Gasteiger partial charge < -0.3 is 15.2 Å². The predicted octanol–water partition coefficient (Wildman–Crippen LogP) is 4.33. The van der Waals surface area contributed by atoms with Gasteiger partial charge in [0.05, 0.1) is 24.9 Å². The average molecular weight is 322 g/mol. The molecule has 2 N–H and O–H groups in total. The number of hydrogen-bond acceptors (Lipinski definition) is 3.